The molecule has 3 fully saturated rings. The number of aliphatic hydroxyl groups is 1. The minimum Gasteiger partial charge on any atom is -0.431 e. The van der Waals surface area contributed by atoms with Crippen LogP contribution >= 0.6 is 0 Å². The molecule has 2 aromatic heterocycles. The summed E-state index contributed by atoms with van der Waals surface area (Å²) in [7, 11) is 0. The van der Waals surface area contributed by atoms with E-state index in [4.69, 9.17) is 10.8 Å². The van der Waals surface area contributed by atoms with Crippen molar-refractivity contribution in [3.8, 4) is 17.0 Å². The molecule has 1 saturated heterocycles. The van der Waals surface area contributed by atoms with Gasteiger partial charge in [0.1, 0.15) is 0 Å². The van der Waals surface area contributed by atoms with E-state index in [0.717, 1.165) is 19.5 Å². The molecule has 3 aliphatic rings. The molecule has 9 heteroatoms. The summed E-state index contributed by atoms with van der Waals surface area (Å²) in [6.07, 6.45) is 5.05. The molecule has 0 unspecified atom stereocenters. The highest BCUT2D eigenvalue weighted by atomic mass is 19.3. The summed E-state index contributed by atoms with van der Waals surface area (Å²) in [5, 5.41) is 14.2. The standard InChI is InChI=1S/C23H31F2N5O2/c1-12(2)30-19(8-18(28-30)14-5-20(32-23(24)25)22(26)27-9-14)21-16-6-15(7-17(16)21)29-4-3-13(10-29)11-31/h5,8-9,12-13,15-17,21,23,31H,3-4,6-7,10-11H2,1-2H3,(H2,26,27)/t13-,15-,16+,17-,21-/m0/s1. The fourth-order valence-electron chi connectivity index (χ4n) is 5.89. The lowest BCUT2D eigenvalue weighted by Gasteiger charge is -2.26. The highest BCUT2D eigenvalue weighted by Gasteiger charge is 2.59. The molecule has 32 heavy (non-hydrogen) atoms. The van der Waals surface area contributed by atoms with Crippen molar-refractivity contribution in [1.82, 2.24) is 19.7 Å². The summed E-state index contributed by atoms with van der Waals surface area (Å²) in [6, 6.07) is 4.39. The van der Waals surface area contributed by atoms with Gasteiger partial charge in [-0.25, -0.2) is 4.98 Å². The summed E-state index contributed by atoms with van der Waals surface area (Å²) in [5.74, 6) is 2.06. The number of likely N-dealkylation sites (tertiary alicyclic amines) is 1. The smallest absolute Gasteiger partial charge is 0.387 e. The normalized spacial score (nSPS) is 29.8. The van der Waals surface area contributed by atoms with Gasteiger partial charge >= 0.3 is 6.61 Å². The molecule has 0 radical (unpaired) electrons. The maximum Gasteiger partial charge on any atom is 0.387 e. The zero-order valence-corrected chi connectivity index (χ0v) is 18.5. The molecule has 2 saturated carbocycles. The lowest BCUT2D eigenvalue weighted by molar-refractivity contribution is -0.0494. The maximum absolute atomic E-state index is 12.7. The predicted octanol–water partition coefficient (Wildman–Crippen LogP) is 3.52. The topological polar surface area (TPSA) is 89.4 Å². The number of ether oxygens (including phenoxy) is 1. The molecular formula is C23H31F2N5O2. The molecule has 0 aromatic carbocycles. The second-order valence-electron chi connectivity index (χ2n) is 9.79. The SMILES string of the molecule is CC(C)n1nc(-c2cnc(N)c(OC(F)F)c2)cc1[C@H]1[C@@H]2C[C@H](N3CC[C@H](CO)C3)C[C@@H]21. The van der Waals surface area contributed by atoms with Crippen LogP contribution < -0.4 is 10.5 Å². The molecule has 0 spiro atoms. The van der Waals surface area contributed by atoms with Crippen molar-refractivity contribution in [2.24, 2.45) is 17.8 Å². The minimum atomic E-state index is -2.96. The second kappa shape index (κ2) is 8.26. The first-order valence-electron chi connectivity index (χ1n) is 11.5. The molecule has 3 N–H and O–H groups in total. The first-order valence-corrected chi connectivity index (χ1v) is 11.5. The molecule has 5 atom stereocenters. The number of fused-ring (bicyclic) bond motifs is 1. The van der Waals surface area contributed by atoms with Crippen molar-refractivity contribution in [1.29, 1.82) is 0 Å². The number of hydrogen-bond donors (Lipinski definition) is 2. The average Bonchev–Trinajstić information content (AvgIpc) is 3.23. The molecule has 7 nitrogen and oxygen atoms in total. The van der Waals surface area contributed by atoms with Crippen LogP contribution in [0.2, 0.25) is 0 Å². The van der Waals surface area contributed by atoms with Crippen molar-refractivity contribution in [3.63, 3.8) is 0 Å². The maximum atomic E-state index is 12.7. The van der Waals surface area contributed by atoms with Gasteiger partial charge in [0.15, 0.2) is 11.6 Å². The fourth-order valence-corrected chi connectivity index (χ4v) is 5.89. The summed E-state index contributed by atoms with van der Waals surface area (Å²) in [4.78, 5) is 6.59. The molecule has 2 aliphatic carbocycles. The lowest BCUT2D eigenvalue weighted by atomic mass is 10.0. The Morgan fingerprint density at radius 3 is 2.62 bits per heavy atom. The number of aliphatic hydroxyl groups excluding tert-OH is 1. The number of hydrogen-bond acceptors (Lipinski definition) is 6. The van der Waals surface area contributed by atoms with Crippen molar-refractivity contribution in [2.75, 3.05) is 25.4 Å². The van der Waals surface area contributed by atoms with Crippen molar-refractivity contribution in [3.05, 3.63) is 24.0 Å². The van der Waals surface area contributed by atoms with E-state index in [2.05, 4.69) is 39.2 Å². The van der Waals surface area contributed by atoms with Gasteiger partial charge in [-0.1, -0.05) is 0 Å². The third kappa shape index (κ3) is 3.85. The molecule has 0 amide bonds. The first kappa shape index (κ1) is 21.6. The fraction of sp³-hybridized carbons (Fsp3) is 0.652. The summed E-state index contributed by atoms with van der Waals surface area (Å²) in [6.45, 7) is 3.66. The van der Waals surface area contributed by atoms with Gasteiger partial charge in [0.2, 0.25) is 0 Å². The number of pyridine rings is 1. The van der Waals surface area contributed by atoms with Crippen LogP contribution in [0.25, 0.3) is 11.3 Å². The lowest BCUT2D eigenvalue weighted by Crippen LogP contribution is -2.33. The number of alkyl halides is 2. The molecule has 3 heterocycles. The van der Waals surface area contributed by atoms with E-state index in [-0.39, 0.29) is 17.6 Å². The summed E-state index contributed by atoms with van der Waals surface area (Å²) >= 11 is 0. The monoisotopic (exact) mass is 447 g/mol. The van der Waals surface area contributed by atoms with Crippen LogP contribution in [0.5, 0.6) is 5.75 Å². The van der Waals surface area contributed by atoms with Crippen LogP contribution in [0.15, 0.2) is 18.3 Å². The van der Waals surface area contributed by atoms with Crippen LogP contribution in [0.1, 0.15) is 50.8 Å². The van der Waals surface area contributed by atoms with E-state index >= 15 is 0 Å². The first-order chi connectivity index (χ1) is 15.4. The number of halogens is 2. The van der Waals surface area contributed by atoms with Gasteiger partial charge in [-0.05, 0) is 69.5 Å². The van der Waals surface area contributed by atoms with Crippen LogP contribution in [0.4, 0.5) is 14.6 Å². The molecule has 5 rings (SSSR count). The largest absolute Gasteiger partial charge is 0.431 e. The zero-order valence-electron chi connectivity index (χ0n) is 18.5. The van der Waals surface area contributed by atoms with E-state index in [0.29, 0.717) is 47.6 Å². The summed E-state index contributed by atoms with van der Waals surface area (Å²) < 4.78 is 32.0. The average molecular weight is 448 g/mol. The quantitative estimate of drug-likeness (QED) is 0.675. The molecule has 174 valence electrons. The van der Waals surface area contributed by atoms with E-state index in [9.17, 15) is 13.9 Å². The number of aromatic nitrogens is 3. The van der Waals surface area contributed by atoms with Gasteiger partial charge in [0.05, 0.1) is 5.69 Å². The molecule has 1 aliphatic heterocycles. The summed E-state index contributed by atoms with van der Waals surface area (Å²) in [5.41, 5.74) is 8.22. The van der Waals surface area contributed by atoms with Crippen LogP contribution in [0, 0.1) is 17.8 Å². The minimum absolute atomic E-state index is 0.0642. The Morgan fingerprint density at radius 2 is 2.00 bits per heavy atom. The Bertz CT molecular complexity index is 969. The molecule has 0 bridgehead atoms. The number of nitrogens with zero attached hydrogens (tertiary/aromatic N) is 4. The van der Waals surface area contributed by atoms with Crippen molar-refractivity contribution >= 4 is 5.82 Å². The van der Waals surface area contributed by atoms with E-state index in [1.165, 1.54) is 24.6 Å². The zero-order chi connectivity index (χ0) is 22.6. The van der Waals surface area contributed by atoms with Crippen molar-refractivity contribution < 1.29 is 18.6 Å². The van der Waals surface area contributed by atoms with E-state index < -0.39 is 6.61 Å². The number of anilines is 1. The van der Waals surface area contributed by atoms with Gasteiger partial charge in [0.25, 0.3) is 0 Å². The third-order valence-corrected chi connectivity index (χ3v) is 7.50. The van der Waals surface area contributed by atoms with Crippen molar-refractivity contribution in [2.45, 2.75) is 57.7 Å². The molecular weight excluding hydrogens is 416 g/mol. The second-order valence-corrected chi connectivity index (χ2v) is 9.79. The van der Waals surface area contributed by atoms with Gasteiger partial charge in [-0.3, -0.25) is 9.58 Å². The highest BCUT2D eigenvalue weighted by Crippen LogP contribution is 2.64. The number of nitrogens with two attached hydrogens (primary N) is 1. The Kier molecular flexibility index (Phi) is 5.57. The van der Waals surface area contributed by atoms with Gasteiger partial charge in [0, 0.05) is 48.6 Å². The Morgan fingerprint density at radius 1 is 1.25 bits per heavy atom. The van der Waals surface area contributed by atoms with Gasteiger partial charge < -0.3 is 15.6 Å². The van der Waals surface area contributed by atoms with E-state index in [1.807, 2.05) is 0 Å². The van der Waals surface area contributed by atoms with Crippen LogP contribution in [0.3, 0.4) is 0 Å². The number of nitrogen functional groups attached to an aromatic ring is 1. The van der Waals surface area contributed by atoms with Gasteiger partial charge in [-0.2, -0.15) is 13.9 Å². The highest BCUT2D eigenvalue weighted by molar-refractivity contribution is 5.64. The Hall–Kier alpha value is -2.26. The van der Waals surface area contributed by atoms with Crippen LogP contribution in [-0.4, -0.2) is 57.1 Å². The van der Waals surface area contributed by atoms with Crippen LogP contribution in [-0.2, 0) is 0 Å². The van der Waals surface area contributed by atoms with Gasteiger partial charge in [-0.15, -0.1) is 0 Å². The predicted molar refractivity (Wildman–Crippen MR) is 116 cm³/mol. The Labute approximate surface area is 186 Å². The van der Waals surface area contributed by atoms with E-state index in [1.54, 1.807) is 6.20 Å². The Balaban J connectivity index is 1.34. The third-order valence-electron chi connectivity index (χ3n) is 7.50. The molecule has 2 aromatic rings. The number of rotatable bonds is 7.